The smallest absolute Gasteiger partial charge is 0.416 e. The fourth-order valence-corrected chi connectivity index (χ4v) is 1.24. The zero-order valence-electron chi connectivity index (χ0n) is 8.92. The molecular formula is C11H12F3NO2. The van der Waals surface area contributed by atoms with Crippen molar-refractivity contribution in [3.05, 3.63) is 35.4 Å². The normalized spacial score (nSPS) is 11.5. The van der Waals surface area contributed by atoms with Crippen LogP contribution >= 0.6 is 0 Å². The average molecular weight is 247 g/mol. The molecule has 0 saturated carbocycles. The third kappa shape index (κ3) is 4.86. The van der Waals surface area contributed by atoms with Crippen LogP contribution in [0.5, 0.6) is 0 Å². The van der Waals surface area contributed by atoms with Crippen LogP contribution in [0.2, 0.25) is 0 Å². The van der Waals surface area contributed by atoms with Gasteiger partial charge in [-0.15, -0.1) is 0 Å². The summed E-state index contributed by atoms with van der Waals surface area (Å²) in [5, 5.41) is 11.2. The molecule has 2 N–H and O–H groups in total. The number of halogens is 3. The van der Waals surface area contributed by atoms with Crippen LogP contribution in [0.4, 0.5) is 13.2 Å². The highest BCUT2D eigenvalue weighted by atomic mass is 19.4. The van der Waals surface area contributed by atoms with E-state index in [2.05, 4.69) is 5.32 Å². The monoisotopic (exact) mass is 247 g/mol. The number of carboxylic acid groups (broad SMARTS) is 1. The first kappa shape index (κ1) is 13.5. The summed E-state index contributed by atoms with van der Waals surface area (Å²) in [5.41, 5.74) is -0.00447. The molecule has 0 unspecified atom stereocenters. The van der Waals surface area contributed by atoms with Crippen LogP contribution in [0.15, 0.2) is 24.3 Å². The molecule has 17 heavy (non-hydrogen) atoms. The maximum Gasteiger partial charge on any atom is 0.416 e. The number of nitrogens with one attached hydrogen (secondary N) is 1. The van der Waals surface area contributed by atoms with Gasteiger partial charge in [0.2, 0.25) is 0 Å². The van der Waals surface area contributed by atoms with Gasteiger partial charge in [-0.3, -0.25) is 4.79 Å². The summed E-state index contributed by atoms with van der Waals surface area (Å²) in [7, 11) is 0. The van der Waals surface area contributed by atoms with E-state index < -0.39 is 17.7 Å². The van der Waals surface area contributed by atoms with E-state index in [0.29, 0.717) is 12.1 Å². The molecular weight excluding hydrogens is 235 g/mol. The maximum absolute atomic E-state index is 12.2. The topological polar surface area (TPSA) is 49.3 Å². The zero-order chi connectivity index (χ0) is 12.9. The lowest BCUT2D eigenvalue weighted by atomic mass is 10.1. The van der Waals surface area contributed by atoms with Crippen LogP contribution in [0.1, 0.15) is 17.5 Å². The second-order valence-corrected chi connectivity index (χ2v) is 3.52. The van der Waals surface area contributed by atoms with Crippen molar-refractivity contribution in [3.63, 3.8) is 0 Å². The van der Waals surface area contributed by atoms with Gasteiger partial charge in [0.05, 0.1) is 12.0 Å². The van der Waals surface area contributed by atoms with Crippen molar-refractivity contribution in [2.75, 3.05) is 6.54 Å². The highest BCUT2D eigenvalue weighted by Gasteiger charge is 2.29. The van der Waals surface area contributed by atoms with Gasteiger partial charge in [0.1, 0.15) is 0 Å². The predicted octanol–water partition coefficient (Wildman–Crippen LogP) is 2.27. The van der Waals surface area contributed by atoms with Gasteiger partial charge < -0.3 is 10.4 Å². The second-order valence-electron chi connectivity index (χ2n) is 3.52. The van der Waals surface area contributed by atoms with Gasteiger partial charge in [-0.2, -0.15) is 13.2 Å². The summed E-state index contributed by atoms with van der Waals surface area (Å²) in [4.78, 5) is 10.2. The van der Waals surface area contributed by atoms with Gasteiger partial charge in [-0.1, -0.05) is 12.1 Å². The van der Waals surface area contributed by atoms with E-state index >= 15 is 0 Å². The van der Waals surface area contributed by atoms with Gasteiger partial charge in [0, 0.05) is 13.1 Å². The van der Waals surface area contributed by atoms with E-state index in [0.717, 1.165) is 12.1 Å². The number of hydrogen-bond donors (Lipinski definition) is 2. The van der Waals surface area contributed by atoms with Gasteiger partial charge in [0.15, 0.2) is 0 Å². The summed E-state index contributed by atoms with van der Waals surface area (Å²) in [6, 6.07) is 4.76. The Morgan fingerprint density at radius 1 is 1.24 bits per heavy atom. The van der Waals surface area contributed by atoms with Gasteiger partial charge in [-0.05, 0) is 17.7 Å². The molecule has 1 aromatic rings. The molecule has 6 heteroatoms. The third-order valence-corrected chi connectivity index (χ3v) is 2.13. The van der Waals surface area contributed by atoms with E-state index in [4.69, 9.17) is 5.11 Å². The van der Waals surface area contributed by atoms with Crippen LogP contribution in [0.3, 0.4) is 0 Å². The van der Waals surface area contributed by atoms with Gasteiger partial charge in [0.25, 0.3) is 0 Å². The van der Waals surface area contributed by atoms with Crippen molar-refractivity contribution in [1.82, 2.24) is 5.32 Å². The van der Waals surface area contributed by atoms with E-state index in [-0.39, 0.29) is 13.0 Å². The number of hydrogen-bond acceptors (Lipinski definition) is 2. The van der Waals surface area contributed by atoms with Gasteiger partial charge >= 0.3 is 12.1 Å². The summed E-state index contributed by atoms with van der Waals surface area (Å²) >= 11 is 0. The summed E-state index contributed by atoms with van der Waals surface area (Å²) in [6.07, 6.45) is -4.34. The SMILES string of the molecule is O=C(O)CCNCc1ccc(C(F)(F)F)cc1. The Balaban J connectivity index is 2.43. The molecule has 0 saturated heterocycles. The first-order valence-electron chi connectivity index (χ1n) is 4.98. The molecule has 0 amide bonds. The maximum atomic E-state index is 12.2. The minimum atomic E-state index is -4.32. The Kier molecular flexibility index (Phi) is 4.51. The lowest BCUT2D eigenvalue weighted by Crippen LogP contribution is -2.17. The third-order valence-electron chi connectivity index (χ3n) is 2.13. The number of aliphatic carboxylic acids is 1. The molecule has 0 aliphatic rings. The summed E-state index contributed by atoms with van der Waals surface area (Å²) in [6.45, 7) is 0.641. The van der Waals surface area contributed by atoms with Crippen LogP contribution in [-0.4, -0.2) is 17.6 Å². The highest BCUT2D eigenvalue weighted by molar-refractivity contribution is 5.66. The second kappa shape index (κ2) is 5.67. The average Bonchev–Trinajstić information content (AvgIpc) is 2.23. The molecule has 0 radical (unpaired) electrons. The minimum Gasteiger partial charge on any atom is -0.481 e. The molecule has 0 heterocycles. The van der Waals surface area contributed by atoms with E-state index in [9.17, 15) is 18.0 Å². The molecule has 0 bridgehead atoms. The lowest BCUT2D eigenvalue weighted by Gasteiger charge is -2.08. The molecule has 94 valence electrons. The first-order valence-corrected chi connectivity index (χ1v) is 4.98. The van der Waals surface area contributed by atoms with Crippen LogP contribution < -0.4 is 5.32 Å². The number of alkyl halides is 3. The minimum absolute atomic E-state index is 0.0133. The largest absolute Gasteiger partial charge is 0.481 e. The van der Waals surface area contributed by atoms with Crippen molar-refractivity contribution in [3.8, 4) is 0 Å². The van der Waals surface area contributed by atoms with E-state index in [1.807, 2.05) is 0 Å². The summed E-state index contributed by atoms with van der Waals surface area (Å²) < 4.78 is 36.7. The fourth-order valence-electron chi connectivity index (χ4n) is 1.24. The van der Waals surface area contributed by atoms with Crippen molar-refractivity contribution >= 4 is 5.97 Å². The Morgan fingerprint density at radius 2 is 1.82 bits per heavy atom. The number of carbonyl (C=O) groups is 1. The van der Waals surface area contributed by atoms with E-state index in [1.165, 1.54) is 12.1 Å². The molecule has 3 nitrogen and oxygen atoms in total. The van der Waals surface area contributed by atoms with Crippen LogP contribution in [0.25, 0.3) is 0 Å². The number of benzene rings is 1. The molecule has 0 spiro atoms. The molecule has 1 aromatic carbocycles. The van der Waals surface area contributed by atoms with Crippen molar-refractivity contribution in [1.29, 1.82) is 0 Å². The van der Waals surface area contributed by atoms with Crippen LogP contribution in [0, 0.1) is 0 Å². The first-order chi connectivity index (χ1) is 7.89. The quantitative estimate of drug-likeness (QED) is 0.785. The molecule has 0 atom stereocenters. The zero-order valence-corrected chi connectivity index (χ0v) is 8.92. The van der Waals surface area contributed by atoms with Gasteiger partial charge in [-0.25, -0.2) is 0 Å². The number of carboxylic acids is 1. The Bertz CT molecular complexity index is 373. The standard InChI is InChI=1S/C11H12F3NO2/c12-11(13,14)9-3-1-8(2-4-9)7-15-6-5-10(16)17/h1-4,15H,5-7H2,(H,16,17). The number of rotatable bonds is 5. The molecule has 0 aliphatic heterocycles. The highest BCUT2D eigenvalue weighted by Crippen LogP contribution is 2.28. The summed E-state index contributed by atoms with van der Waals surface area (Å²) in [5.74, 6) is -0.912. The Labute approximate surface area is 96.3 Å². The van der Waals surface area contributed by atoms with Crippen molar-refractivity contribution in [2.45, 2.75) is 19.1 Å². The van der Waals surface area contributed by atoms with E-state index in [1.54, 1.807) is 0 Å². The van der Waals surface area contributed by atoms with Crippen molar-refractivity contribution in [2.24, 2.45) is 0 Å². The predicted molar refractivity (Wildman–Crippen MR) is 55.4 cm³/mol. The molecule has 1 rings (SSSR count). The lowest BCUT2D eigenvalue weighted by molar-refractivity contribution is -0.138. The Hall–Kier alpha value is -1.56. The molecule has 0 aliphatic carbocycles. The van der Waals surface area contributed by atoms with Crippen LogP contribution in [-0.2, 0) is 17.5 Å². The molecule has 0 fully saturated rings. The van der Waals surface area contributed by atoms with Crippen molar-refractivity contribution < 1.29 is 23.1 Å². The fraction of sp³-hybridized carbons (Fsp3) is 0.364. The molecule has 0 aromatic heterocycles. The Morgan fingerprint density at radius 3 is 2.29 bits per heavy atom.